The number of rotatable bonds is 2. The van der Waals surface area contributed by atoms with Crippen molar-refractivity contribution in [1.82, 2.24) is 4.31 Å². The van der Waals surface area contributed by atoms with Crippen molar-refractivity contribution in [3.05, 3.63) is 29.6 Å². The molecule has 126 valence electrons. The van der Waals surface area contributed by atoms with Crippen LogP contribution in [0.3, 0.4) is 0 Å². The molecule has 4 nitrogen and oxygen atoms in total. The molecule has 0 atom stereocenters. The first-order valence-corrected chi connectivity index (χ1v) is 7.69. The largest absolute Gasteiger partial charge is 0.419 e. The molecular weight excluding hydrogens is 348 g/mol. The number of nitrogens with zero attached hydrogens (tertiary/aromatic N) is 1. The molecule has 0 radical (unpaired) electrons. The summed E-state index contributed by atoms with van der Waals surface area (Å²) in [7, 11) is -4.00. The summed E-state index contributed by atoms with van der Waals surface area (Å²) in [6.45, 7) is 0.346. The molecule has 0 aromatic heterocycles. The average Bonchev–Trinajstić information content (AvgIpc) is 2.37. The maximum Gasteiger partial charge on any atom is 0.419 e. The first-order chi connectivity index (χ1) is 9.62. The summed E-state index contributed by atoms with van der Waals surface area (Å²) >= 11 is 0. The minimum atomic E-state index is -4.86. The standard InChI is InChI=1S/C12H14F4N2O2S.ClH/c13-11-7-9(1-2-10(11)12(14,15)16)21(19,20)18-5-3-8(17)4-6-18;/h1-2,7-8H,3-6,17H2;1H. The van der Waals surface area contributed by atoms with Gasteiger partial charge in [0.2, 0.25) is 10.0 Å². The highest BCUT2D eigenvalue weighted by atomic mass is 35.5. The van der Waals surface area contributed by atoms with Crippen LogP contribution in [0.4, 0.5) is 17.6 Å². The van der Waals surface area contributed by atoms with Gasteiger partial charge in [0, 0.05) is 19.1 Å². The molecule has 0 amide bonds. The molecule has 0 aliphatic carbocycles. The Hall–Kier alpha value is -0.900. The lowest BCUT2D eigenvalue weighted by atomic mass is 10.1. The van der Waals surface area contributed by atoms with Gasteiger partial charge in [0.15, 0.2) is 0 Å². The molecular formula is C12H15ClF4N2O2S. The molecule has 1 heterocycles. The number of hydrogen-bond donors (Lipinski definition) is 1. The molecule has 1 saturated heterocycles. The second-order valence-electron chi connectivity index (χ2n) is 4.88. The van der Waals surface area contributed by atoms with Crippen molar-refractivity contribution in [2.45, 2.75) is 30.0 Å². The third-order valence-electron chi connectivity index (χ3n) is 3.38. The van der Waals surface area contributed by atoms with E-state index in [1.165, 1.54) is 0 Å². The number of hydrogen-bond acceptors (Lipinski definition) is 3. The second kappa shape index (κ2) is 6.69. The summed E-state index contributed by atoms with van der Waals surface area (Å²) in [4.78, 5) is -0.483. The maximum absolute atomic E-state index is 13.5. The van der Waals surface area contributed by atoms with Gasteiger partial charge in [-0.3, -0.25) is 0 Å². The highest BCUT2D eigenvalue weighted by Gasteiger charge is 2.35. The van der Waals surface area contributed by atoms with Crippen molar-refractivity contribution >= 4 is 22.4 Å². The molecule has 1 aromatic carbocycles. The lowest BCUT2D eigenvalue weighted by Crippen LogP contribution is -2.42. The van der Waals surface area contributed by atoms with E-state index < -0.39 is 32.5 Å². The van der Waals surface area contributed by atoms with Gasteiger partial charge in [0.1, 0.15) is 5.82 Å². The van der Waals surface area contributed by atoms with E-state index in [2.05, 4.69) is 0 Å². The Kier molecular flexibility index (Phi) is 5.82. The van der Waals surface area contributed by atoms with E-state index in [0.717, 1.165) is 10.4 Å². The number of piperidine rings is 1. The molecule has 10 heteroatoms. The highest BCUT2D eigenvalue weighted by molar-refractivity contribution is 7.89. The van der Waals surface area contributed by atoms with Gasteiger partial charge in [-0.2, -0.15) is 17.5 Å². The zero-order valence-corrected chi connectivity index (χ0v) is 12.9. The molecule has 2 rings (SSSR count). The van der Waals surface area contributed by atoms with E-state index in [1.807, 2.05) is 0 Å². The number of benzene rings is 1. The van der Waals surface area contributed by atoms with Gasteiger partial charge >= 0.3 is 6.18 Å². The van der Waals surface area contributed by atoms with Gasteiger partial charge in [-0.05, 0) is 31.0 Å². The van der Waals surface area contributed by atoms with Crippen molar-refractivity contribution in [2.75, 3.05) is 13.1 Å². The normalized spacial score (nSPS) is 18.0. The van der Waals surface area contributed by atoms with Crippen LogP contribution < -0.4 is 5.73 Å². The summed E-state index contributed by atoms with van der Waals surface area (Å²) in [6.07, 6.45) is -3.94. The summed E-state index contributed by atoms with van der Waals surface area (Å²) in [5, 5.41) is 0. The van der Waals surface area contributed by atoms with Crippen LogP contribution in [0.25, 0.3) is 0 Å². The number of nitrogens with two attached hydrogens (primary N) is 1. The van der Waals surface area contributed by atoms with Gasteiger partial charge in [-0.15, -0.1) is 12.4 Å². The van der Waals surface area contributed by atoms with Crippen LogP contribution in [0, 0.1) is 5.82 Å². The Bertz CT molecular complexity index is 629. The Morgan fingerprint density at radius 3 is 2.18 bits per heavy atom. The molecule has 0 saturated carbocycles. The van der Waals surface area contributed by atoms with Crippen molar-refractivity contribution < 1.29 is 26.0 Å². The van der Waals surface area contributed by atoms with Crippen molar-refractivity contribution in [2.24, 2.45) is 5.73 Å². The third kappa shape index (κ3) is 3.89. The molecule has 1 fully saturated rings. The predicted octanol–water partition coefficient (Wildman–Crippen LogP) is 2.38. The summed E-state index contributed by atoms with van der Waals surface area (Å²) in [5.74, 6) is -1.60. The van der Waals surface area contributed by atoms with Crippen LogP contribution in [0.1, 0.15) is 18.4 Å². The zero-order chi connectivity index (χ0) is 15.8. The summed E-state index contributed by atoms with van der Waals surface area (Å²) in [5.41, 5.74) is 4.18. The topological polar surface area (TPSA) is 63.4 Å². The molecule has 0 bridgehead atoms. The lowest BCUT2D eigenvalue weighted by Gasteiger charge is -2.29. The van der Waals surface area contributed by atoms with Crippen molar-refractivity contribution in [1.29, 1.82) is 0 Å². The van der Waals surface area contributed by atoms with Crippen LogP contribution in [0.15, 0.2) is 23.1 Å². The fourth-order valence-electron chi connectivity index (χ4n) is 2.15. The van der Waals surface area contributed by atoms with Crippen LogP contribution in [0.5, 0.6) is 0 Å². The molecule has 1 aliphatic heterocycles. The number of halogens is 5. The van der Waals surface area contributed by atoms with E-state index >= 15 is 0 Å². The van der Waals surface area contributed by atoms with E-state index in [9.17, 15) is 26.0 Å². The Morgan fingerprint density at radius 2 is 1.73 bits per heavy atom. The zero-order valence-electron chi connectivity index (χ0n) is 11.3. The van der Waals surface area contributed by atoms with Crippen molar-refractivity contribution in [3.63, 3.8) is 0 Å². The smallest absolute Gasteiger partial charge is 0.328 e. The summed E-state index contributed by atoms with van der Waals surface area (Å²) < 4.78 is 76.5. The molecule has 0 spiro atoms. The van der Waals surface area contributed by atoms with Crippen molar-refractivity contribution in [3.8, 4) is 0 Å². The van der Waals surface area contributed by atoms with E-state index in [1.54, 1.807) is 0 Å². The minimum Gasteiger partial charge on any atom is -0.328 e. The SMILES string of the molecule is Cl.NC1CCN(S(=O)(=O)c2ccc(C(F)(F)F)c(F)c2)CC1. The van der Waals surface area contributed by atoms with Gasteiger partial charge in [-0.25, -0.2) is 12.8 Å². The fraction of sp³-hybridized carbons (Fsp3) is 0.500. The van der Waals surface area contributed by atoms with Gasteiger partial charge < -0.3 is 5.73 Å². The van der Waals surface area contributed by atoms with Crippen LogP contribution >= 0.6 is 12.4 Å². The van der Waals surface area contributed by atoms with Crippen LogP contribution in [-0.4, -0.2) is 31.9 Å². The highest BCUT2D eigenvalue weighted by Crippen LogP contribution is 2.33. The lowest BCUT2D eigenvalue weighted by molar-refractivity contribution is -0.140. The fourth-order valence-corrected chi connectivity index (χ4v) is 3.63. The monoisotopic (exact) mass is 362 g/mol. The van der Waals surface area contributed by atoms with E-state index in [0.29, 0.717) is 25.0 Å². The second-order valence-corrected chi connectivity index (χ2v) is 6.82. The Labute approximate surface area is 131 Å². The molecule has 22 heavy (non-hydrogen) atoms. The van der Waals surface area contributed by atoms with Crippen LogP contribution in [-0.2, 0) is 16.2 Å². The molecule has 1 aromatic rings. The molecule has 0 unspecified atom stereocenters. The summed E-state index contributed by atoms with van der Waals surface area (Å²) in [6, 6.07) is 1.53. The third-order valence-corrected chi connectivity index (χ3v) is 5.28. The minimum absolute atomic E-state index is 0. The van der Waals surface area contributed by atoms with Gasteiger partial charge in [-0.1, -0.05) is 0 Å². The van der Waals surface area contributed by atoms with Gasteiger partial charge in [0.05, 0.1) is 10.5 Å². The first kappa shape index (κ1) is 19.1. The maximum atomic E-state index is 13.5. The van der Waals surface area contributed by atoms with Gasteiger partial charge in [0.25, 0.3) is 0 Å². The molecule has 2 N–H and O–H groups in total. The van der Waals surface area contributed by atoms with Crippen LogP contribution in [0.2, 0.25) is 0 Å². The Balaban J connectivity index is 0.00000242. The van der Waals surface area contributed by atoms with E-state index in [-0.39, 0.29) is 31.5 Å². The average molecular weight is 363 g/mol. The number of alkyl halides is 3. The number of sulfonamides is 1. The van der Waals surface area contributed by atoms with E-state index in [4.69, 9.17) is 5.73 Å². The molecule has 1 aliphatic rings. The predicted molar refractivity (Wildman–Crippen MR) is 74.6 cm³/mol. The Morgan fingerprint density at radius 1 is 1.18 bits per heavy atom. The first-order valence-electron chi connectivity index (χ1n) is 6.25. The quantitative estimate of drug-likeness (QED) is 0.822.